The molecule has 1 unspecified atom stereocenters. The summed E-state index contributed by atoms with van der Waals surface area (Å²) in [5, 5.41) is 16.5. The molecule has 2 N–H and O–H groups in total. The molecule has 27 heavy (non-hydrogen) atoms. The smallest absolute Gasteiger partial charge is 0.225 e. The number of nitriles is 1. The third-order valence-electron chi connectivity index (χ3n) is 4.86. The first-order valence-corrected chi connectivity index (χ1v) is 10.1. The summed E-state index contributed by atoms with van der Waals surface area (Å²) < 4.78 is 5.75. The zero-order valence-corrected chi connectivity index (χ0v) is 16.8. The van der Waals surface area contributed by atoms with Gasteiger partial charge in [0, 0.05) is 23.4 Å². The fourth-order valence-electron chi connectivity index (χ4n) is 3.67. The lowest BCUT2D eigenvalue weighted by Crippen LogP contribution is -2.22. The van der Waals surface area contributed by atoms with E-state index in [-0.39, 0.29) is 11.8 Å². The molecule has 5 nitrogen and oxygen atoms in total. The normalized spacial score (nSPS) is 14.1. The van der Waals surface area contributed by atoms with Crippen LogP contribution in [0.4, 0.5) is 5.00 Å². The lowest BCUT2D eigenvalue weighted by atomic mass is 9.92. The van der Waals surface area contributed by atoms with Crippen LogP contribution in [0.3, 0.4) is 0 Å². The van der Waals surface area contributed by atoms with Crippen molar-refractivity contribution in [1.29, 1.82) is 5.26 Å². The van der Waals surface area contributed by atoms with E-state index in [1.807, 2.05) is 39.0 Å². The summed E-state index contributed by atoms with van der Waals surface area (Å²) in [5.74, 6) is 0.791. The quantitative estimate of drug-likeness (QED) is 0.787. The van der Waals surface area contributed by atoms with Crippen LogP contribution < -0.4 is 15.4 Å². The highest BCUT2D eigenvalue weighted by molar-refractivity contribution is 7.16. The van der Waals surface area contributed by atoms with Crippen molar-refractivity contribution in [2.24, 2.45) is 0 Å². The van der Waals surface area contributed by atoms with E-state index < -0.39 is 0 Å². The number of nitrogens with one attached hydrogen (secondary N) is 2. The molecule has 2 aromatic rings. The van der Waals surface area contributed by atoms with Gasteiger partial charge in [-0.3, -0.25) is 4.79 Å². The first-order chi connectivity index (χ1) is 13.0. The van der Waals surface area contributed by atoms with E-state index >= 15 is 0 Å². The predicted octanol–water partition coefficient (Wildman–Crippen LogP) is 4.10. The van der Waals surface area contributed by atoms with Crippen LogP contribution in [0.1, 0.15) is 53.3 Å². The molecule has 0 radical (unpaired) electrons. The van der Waals surface area contributed by atoms with Crippen LogP contribution in [-0.4, -0.2) is 19.1 Å². The summed E-state index contributed by atoms with van der Waals surface area (Å²) >= 11 is 1.51. The SMILES string of the molecule is CCOc1cccc(C)c1C(C)CC(=O)Nc1sc2c(c1C#N)CCNC2. The molecule has 2 heterocycles. The van der Waals surface area contributed by atoms with E-state index in [2.05, 4.69) is 16.7 Å². The van der Waals surface area contributed by atoms with Crippen LogP contribution in [0.5, 0.6) is 5.75 Å². The summed E-state index contributed by atoms with van der Waals surface area (Å²) in [7, 11) is 0. The van der Waals surface area contributed by atoms with E-state index in [4.69, 9.17) is 4.74 Å². The third kappa shape index (κ3) is 4.15. The average molecular weight is 384 g/mol. The molecule has 0 aliphatic carbocycles. The number of anilines is 1. The van der Waals surface area contributed by atoms with Gasteiger partial charge in [0.1, 0.15) is 16.8 Å². The van der Waals surface area contributed by atoms with Crippen LogP contribution in [0, 0.1) is 18.3 Å². The Morgan fingerprint density at radius 1 is 1.48 bits per heavy atom. The number of benzene rings is 1. The summed E-state index contributed by atoms with van der Waals surface area (Å²) in [6.07, 6.45) is 1.18. The number of aryl methyl sites for hydroxylation is 1. The number of thiophene rings is 1. The van der Waals surface area contributed by atoms with Gasteiger partial charge in [0.2, 0.25) is 5.91 Å². The van der Waals surface area contributed by atoms with Crippen LogP contribution in [-0.2, 0) is 17.8 Å². The minimum atomic E-state index is -0.0729. The zero-order valence-electron chi connectivity index (χ0n) is 16.0. The van der Waals surface area contributed by atoms with Crippen molar-refractivity contribution in [3.63, 3.8) is 0 Å². The van der Waals surface area contributed by atoms with E-state index in [1.165, 1.54) is 11.3 Å². The Kier molecular flexibility index (Phi) is 6.15. The second-order valence-electron chi connectivity index (χ2n) is 6.82. The molecule has 1 aliphatic heterocycles. The van der Waals surface area contributed by atoms with Crippen molar-refractivity contribution in [2.45, 2.75) is 46.1 Å². The van der Waals surface area contributed by atoms with Crippen LogP contribution >= 0.6 is 11.3 Å². The Bertz CT molecular complexity index is 882. The molecule has 6 heteroatoms. The molecule has 0 bridgehead atoms. The Labute approximate surface area is 164 Å². The molecule has 3 rings (SSSR count). The van der Waals surface area contributed by atoms with Crippen LogP contribution in [0.25, 0.3) is 0 Å². The van der Waals surface area contributed by atoms with Gasteiger partial charge >= 0.3 is 0 Å². The second kappa shape index (κ2) is 8.55. The maximum Gasteiger partial charge on any atom is 0.225 e. The summed E-state index contributed by atoms with van der Waals surface area (Å²) in [4.78, 5) is 13.8. The molecule has 142 valence electrons. The van der Waals surface area contributed by atoms with Gasteiger partial charge in [-0.1, -0.05) is 19.1 Å². The van der Waals surface area contributed by atoms with Crippen molar-refractivity contribution in [2.75, 3.05) is 18.5 Å². The molecule has 1 aromatic carbocycles. The molecule has 0 spiro atoms. The number of hydrogen-bond acceptors (Lipinski definition) is 5. The van der Waals surface area contributed by atoms with Gasteiger partial charge in [-0.15, -0.1) is 11.3 Å². The average Bonchev–Trinajstić information content (AvgIpc) is 2.98. The Morgan fingerprint density at radius 2 is 2.30 bits per heavy atom. The number of hydrogen-bond donors (Lipinski definition) is 2. The van der Waals surface area contributed by atoms with Gasteiger partial charge in [0.05, 0.1) is 12.2 Å². The van der Waals surface area contributed by atoms with Crippen LogP contribution in [0.2, 0.25) is 0 Å². The maximum atomic E-state index is 12.7. The number of fused-ring (bicyclic) bond motifs is 1. The Hall–Kier alpha value is -2.36. The molecule has 0 saturated heterocycles. The highest BCUT2D eigenvalue weighted by atomic mass is 32.1. The van der Waals surface area contributed by atoms with Gasteiger partial charge in [-0.2, -0.15) is 5.26 Å². The number of nitrogens with zero attached hydrogens (tertiary/aromatic N) is 1. The van der Waals surface area contributed by atoms with E-state index in [0.717, 1.165) is 46.8 Å². The largest absolute Gasteiger partial charge is 0.494 e. The van der Waals surface area contributed by atoms with Gasteiger partial charge in [-0.05, 0) is 49.9 Å². The number of ether oxygens (including phenoxy) is 1. The van der Waals surface area contributed by atoms with E-state index in [1.54, 1.807) is 0 Å². The van der Waals surface area contributed by atoms with E-state index in [0.29, 0.717) is 23.6 Å². The van der Waals surface area contributed by atoms with Gasteiger partial charge in [0.15, 0.2) is 0 Å². The Morgan fingerprint density at radius 3 is 3.04 bits per heavy atom. The molecule has 0 saturated carbocycles. The van der Waals surface area contributed by atoms with Crippen molar-refractivity contribution in [1.82, 2.24) is 5.32 Å². The lowest BCUT2D eigenvalue weighted by Gasteiger charge is -2.18. The molecule has 1 amide bonds. The van der Waals surface area contributed by atoms with Crippen molar-refractivity contribution in [3.05, 3.63) is 45.3 Å². The highest BCUT2D eigenvalue weighted by Gasteiger charge is 2.23. The fourth-order valence-corrected chi connectivity index (χ4v) is 4.85. The predicted molar refractivity (Wildman–Crippen MR) is 108 cm³/mol. The first-order valence-electron chi connectivity index (χ1n) is 9.32. The minimum Gasteiger partial charge on any atom is -0.494 e. The van der Waals surface area contributed by atoms with Crippen molar-refractivity contribution >= 4 is 22.2 Å². The number of amides is 1. The van der Waals surface area contributed by atoms with Gasteiger partial charge < -0.3 is 15.4 Å². The monoisotopic (exact) mass is 383 g/mol. The molecule has 1 atom stereocenters. The van der Waals surface area contributed by atoms with E-state index in [9.17, 15) is 10.1 Å². The summed E-state index contributed by atoms with van der Waals surface area (Å²) in [6.45, 7) is 8.27. The maximum absolute atomic E-state index is 12.7. The zero-order chi connectivity index (χ0) is 19.4. The lowest BCUT2D eigenvalue weighted by molar-refractivity contribution is -0.116. The molecular formula is C21H25N3O2S. The summed E-state index contributed by atoms with van der Waals surface area (Å²) in [5.41, 5.74) is 3.91. The number of rotatable bonds is 6. The molecule has 0 fully saturated rings. The molecule has 1 aliphatic rings. The summed E-state index contributed by atoms with van der Waals surface area (Å²) in [6, 6.07) is 8.24. The van der Waals surface area contributed by atoms with Crippen molar-refractivity contribution < 1.29 is 9.53 Å². The van der Waals surface area contributed by atoms with Crippen LogP contribution in [0.15, 0.2) is 18.2 Å². The molecule has 1 aromatic heterocycles. The second-order valence-corrected chi connectivity index (χ2v) is 7.92. The van der Waals surface area contributed by atoms with Crippen molar-refractivity contribution in [3.8, 4) is 11.8 Å². The first kappa shape index (κ1) is 19.4. The minimum absolute atomic E-state index is 0.0227. The fraction of sp³-hybridized carbons (Fsp3) is 0.429. The Balaban J connectivity index is 1.76. The molecular weight excluding hydrogens is 358 g/mol. The highest BCUT2D eigenvalue weighted by Crippen LogP contribution is 2.36. The third-order valence-corrected chi connectivity index (χ3v) is 6.01. The number of carbonyl (C=O) groups excluding carboxylic acids is 1. The standard InChI is InChI=1S/C21H25N3O2S/c1-4-26-17-7-5-6-13(2)20(17)14(3)10-19(25)24-21-16(11-22)15-8-9-23-12-18(15)27-21/h5-7,14,23H,4,8-10,12H2,1-3H3,(H,24,25). The topological polar surface area (TPSA) is 74.1 Å². The van der Waals surface area contributed by atoms with Gasteiger partial charge in [-0.25, -0.2) is 0 Å². The number of carbonyl (C=O) groups is 1. The van der Waals surface area contributed by atoms with Gasteiger partial charge in [0.25, 0.3) is 0 Å².